The Kier molecular flexibility index (Phi) is 9.92. The highest BCUT2D eigenvalue weighted by Gasteiger charge is 2.19. The lowest BCUT2D eigenvalue weighted by Gasteiger charge is -2.17. The van der Waals surface area contributed by atoms with Crippen LogP contribution in [0.4, 0.5) is 11.6 Å². The molecule has 5 rings (SSSR count). The third-order valence-electron chi connectivity index (χ3n) is 7.14. The van der Waals surface area contributed by atoms with E-state index < -0.39 is 0 Å². The van der Waals surface area contributed by atoms with E-state index in [-0.39, 0.29) is 24.3 Å². The molecule has 5 aromatic rings. The third kappa shape index (κ3) is 7.57. The Morgan fingerprint density at radius 2 is 1.78 bits per heavy atom. The van der Waals surface area contributed by atoms with E-state index >= 15 is 0 Å². The van der Waals surface area contributed by atoms with Crippen LogP contribution < -0.4 is 20.3 Å². The average molecular weight is 624 g/mol. The molecule has 0 aliphatic rings. The predicted octanol–water partition coefficient (Wildman–Crippen LogP) is 6.15. The number of likely N-dealkylation sites (N-methyl/N-ethyl adjacent to an activating group) is 1. The maximum atomic E-state index is 14.3. The smallest absolute Gasteiger partial charge is 0.259 e. The van der Waals surface area contributed by atoms with Gasteiger partial charge >= 0.3 is 0 Å². The summed E-state index contributed by atoms with van der Waals surface area (Å²) in [6, 6.07) is 20.3. The van der Waals surface area contributed by atoms with Crippen LogP contribution in [0.3, 0.4) is 0 Å². The van der Waals surface area contributed by atoms with Crippen LogP contribution in [0.25, 0.3) is 22.0 Å². The molecule has 10 heteroatoms. The van der Waals surface area contributed by atoms with E-state index in [4.69, 9.17) is 21.1 Å². The number of hydrogen-bond donors (Lipinski definition) is 1. The summed E-state index contributed by atoms with van der Waals surface area (Å²) in [5.41, 5.74) is 2.98. The number of ether oxygens (including phenoxy) is 2. The van der Waals surface area contributed by atoms with Crippen LogP contribution in [-0.2, 0) is 17.8 Å². The number of benzene rings is 2. The number of anilines is 2. The summed E-state index contributed by atoms with van der Waals surface area (Å²) in [4.78, 5) is 37.9. The van der Waals surface area contributed by atoms with Crippen LogP contribution in [0.15, 0.2) is 96.1 Å². The minimum Gasteiger partial charge on any atom is -0.497 e. The molecule has 3 aromatic heterocycles. The van der Waals surface area contributed by atoms with Gasteiger partial charge in [0.25, 0.3) is 5.56 Å². The number of halogens is 1. The molecule has 0 atom stereocenters. The number of ketones is 1. The van der Waals surface area contributed by atoms with E-state index in [1.54, 1.807) is 48.3 Å². The maximum absolute atomic E-state index is 14.3. The van der Waals surface area contributed by atoms with E-state index in [1.165, 1.54) is 7.11 Å². The number of carbonyl (C=O) groups is 1. The van der Waals surface area contributed by atoms with E-state index in [0.29, 0.717) is 51.3 Å². The Hall–Kier alpha value is -4.99. The number of nitrogens with zero attached hydrogens (tertiary/aromatic N) is 4. The van der Waals surface area contributed by atoms with Gasteiger partial charge in [-0.25, -0.2) is 9.97 Å². The second kappa shape index (κ2) is 14.2. The minimum absolute atomic E-state index is 0.0107. The zero-order valence-electron chi connectivity index (χ0n) is 25.6. The van der Waals surface area contributed by atoms with Gasteiger partial charge in [-0.2, -0.15) is 0 Å². The fourth-order valence-corrected chi connectivity index (χ4v) is 5.26. The molecule has 0 saturated carbocycles. The molecule has 0 bridgehead atoms. The number of carbonyl (C=O) groups excluding carboxylic acids is 1. The molecular weight excluding hydrogens is 590 g/mol. The van der Waals surface area contributed by atoms with Crippen LogP contribution in [0.1, 0.15) is 11.1 Å². The summed E-state index contributed by atoms with van der Waals surface area (Å²) in [5, 5.41) is 4.23. The van der Waals surface area contributed by atoms with E-state index in [9.17, 15) is 9.59 Å². The van der Waals surface area contributed by atoms with Gasteiger partial charge in [0.05, 0.1) is 31.3 Å². The topological polar surface area (TPSA) is 98.6 Å². The van der Waals surface area contributed by atoms with Gasteiger partial charge in [-0.05, 0) is 55.6 Å². The summed E-state index contributed by atoms with van der Waals surface area (Å²) in [7, 11) is 6.95. The lowest BCUT2D eigenvalue weighted by Crippen LogP contribution is -2.23. The van der Waals surface area contributed by atoms with Crippen molar-refractivity contribution in [3.63, 3.8) is 0 Å². The van der Waals surface area contributed by atoms with Crippen LogP contribution >= 0.6 is 11.6 Å². The number of allylic oxidation sites excluding steroid dienone is 1. The Bertz CT molecular complexity index is 1920. The molecule has 3 heterocycles. The number of methoxy groups -OCH3 is 2. The summed E-state index contributed by atoms with van der Waals surface area (Å²) in [6.45, 7) is 0.931. The molecule has 230 valence electrons. The van der Waals surface area contributed by atoms with E-state index in [0.717, 1.165) is 16.5 Å². The highest BCUT2D eigenvalue weighted by Crippen LogP contribution is 2.39. The van der Waals surface area contributed by atoms with Crippen LogP contribution in [0.2, 0.25) is 5.02 Å². The fraction of sp³-hybridized carbons (Fsp3) is 0.200. The van der Waals surface area contributed by atoms with Crippen molar-refractivity contribution >= 4 is 39.9 Å². The second-order valence-electron chi connectivity index (χ2n) is 10.7. The van der Waals surface area contributed by atoms with Crippen molar-refractivity contribution in [2.45, 2.75) is 13.0 Å². The standard InChI is InChI=1S/C35H34ClN5O4/c1-40(2)14-8-11-26(42)16-23-9-7-10-24(15-23)22-41-30-20-33(39-32-12-5-6-13-37-32)38-21-25(30)17-29(35(41)43)28-18-27(44-3)19-31(45-4)34(28)36/h5-13,15,17-21H,14,16,22H2,1-4H3,(H,37,38,39)/b11-8+. The van der Waals surface area contributed by atoms with Gasteiger partial charge in [0.2, 0.25) is 0 Å². The molecule has 0 aliphatic carbocycles. The predicted molar refractivity (Wildman–Crippen MR) is 179 cm³/mol. The van der Waals surface area contributed by atoms with E-state index in [1.807, 2.05) is 73.6 Å². The minimum atomic E-state index is -0.261. The summed E-state index contributed by atoms with van der Waals surface area (Å²) < 4.78 is 12.6. The maximum Gasteiger partial charge on any atom is 0.259 e. The molecule has 0 amide bonds. The molecule has 1 N–H and O–H groups in total. The zero-order valence-corrected chi connectivity index (χ0v) is 26.3. The molecule has 0 spiro atoms. The number of hydrogen-bond acceptors (Lipinski definition) is 8. The number of pyridine rings is 3. The number of aromatic nitrogens is 3. The number of rotatable bonds is 12. The van der Waals surface area contributed by atoms with Crippen molar-refractivity contribution in [1.82, 2.24) is 19.4 Å². The lowest BCUT2D eigenvalue weighted by molar-refractivity contribution is -0.114. The first kappa shape index (κ1) is 31.4. The van der Waals surface area contributed by atoms with Gasteiger partial charge in [0.15, 0.2) is 5.78 Å². The molecule has 0 unspecified atom stereocenters. The van der Waals surface area contributed by atoms with Crippen molar-refractivity contribution in [1.29, 1.82) is 0 Å². The average Bonchev–Trinajstić information content (AvgIpc) is 3.03. The normalized spacial score (nSPS) is 11.3. The van der Waals surface area contributed by atoms with Gasteiger partial charge in [-0.3, -0.25) is 9.59 Å². The largest absolute Gasteiger partial charge is 0.497 e. The zero-order chi connectivity index (χ0) is 31.9. The molecule has 0 fully saturated rings. The molecule has 45 heavy (non-hydrogen) atoms. The summed E-state index contributed by atoms with van der Waals surface area (Å²) >= 11 is 6.74. The summed E-state index contributed by atoms with van der Waals surface area (Å²) in [5.74, 6) is 2.06. The van der Waals surface area contributed by atoms with Gasteiger partial charge in [0, 0.05) is 54.0 Å². The first-order valence-corrected chi connectivity index (χ1v) is 14.7. The van der Waals surface area contributed by atoms with Gasteiger partial charge in [0.1, 0.15) is 23.1 Å². The third-order valence-corrected chi connectivity index (χ3v) is 7.53. The molecule has 2 aromatic carbocycles. The molecule has 9 nitrogen and oxygen atoms in total. The number of fused-ring (bicyclic) bond motifs is 1. The van der Waals surface area contributed by atoms with Gasteiger partial charge in [-0.1, -0.05) is 48.0 Å². The van der Waals surface area contributed by atoms with Crippen molar-refractivity contribution in [3.05, 3.63) is 118 Å². The Labute approximate surface area is 266 Å². The van der Waals surface area contributed by atoms with Gasteiger partial charge in [-0.15, -0.1) is 0 Å². The van der Waals surface area contributed by atoms with Crippen LogP contribution in [-0.4, -0.2) is 60.1 Å². The van der Waals surface area contributed by atoms with E-state index in [2.05, 4.69) is 15.3 Å². The first-order valence-electron chi connectivity index (χ1n) is 14.3. The highest BCUT2D eigenvalue weighted by atomic mass is 35.5. The van der Waals surface area contributed by atoms with Crippen molar-refractivity contribution in [2.75, 3.05) is 40.2 Å². The Balaban J connectivity index is 1.60. The van der Waals surface area contributed by atoms with Crippen LogP contribution in [0, 0.1) is 0 Å². The van der Waals surface area contributed by atoms with Crippen molar-refractivity contribution in [3.8, 4) is 22.6 Å². The fourth-order valence-electron chi connectivity index (χ4n) is 4.97. The molecular formula is C35H34ClN5O4. The Morgan fingerprint density at radius 1 is 0.956 bits per heavy atom. The second-order valence-corrected chi connectivity index (χ2v) is 11.1. The SMILES string of the molecule is COc1cc(OC)c(Cl)c(-c2cc3cnc(Nc4ccccn4)cc3n(Cc3cccc(CC(=O)/C=C/CN(C)C)c3)c2=O)c1. The van der Waals surface area contributed by atoms with Crippen molar-refractivity contribution < 1.29 is 14.3 Å². The first-order chi connectivity index (χ1) is 21.7. The van der Waals surface area contributed by atoms with Crippen molar-refractivity contribution in [2.24, 2.45) is 0 Å². The lowest BCUT2D eigenvalue weighted by atomic mass is 10.0. The quantitative estimate of drug-likeness (QED) is 0.165. The molecule has 0 saturated heterocycles. The highest BCUT2D eigenvalue weighted by molar-refractivity contribution is 6.35. The monoisotopic (exact) mass is 623 g/mol. The summed E-state index contributed by atoms with van der Waals surface area (Å²) in [6.07, 6.45) is 7.12. The molecule has 0 radical (unpaired) electrons. The van der Waals surface area contributed by atoms with Gasteiger partial charge < -0.3 is 24.3 Å². The Morgan fingerprint density at radius 3 is 2.51 bits per heavy atom. The number of nitrogens with one attached hydrogen (secondary N) is 1. The van der Waals surface area contributed by atoms with Crippen LogP contribution in [0.5, 0.6) is 11.5 Å². The molecule has 0 aliphatic heterocycles.